The van der Waals surface area contributed by atoms with E-state index in [-0.39, 0.29) is 12.3 Å². The van der Waals surface area contributed by atoms with Gasteiger partial charge in [-0.3, -0.25) is 9.59 Å². The number of para-hydroxylation sites is 2. The van der Waals surface area contributed by atoms with Crippen LogP contribution < -0.4 is 9.64 Å². The highest BCUT2D eigenvalue weighted by molar-refractivity contribution is 6.01. The zero-order valence-corrected chi connectivity index (χ0v) is 11.6. The summed E-state index contributed by atoms with van der Waals surface area (Å²) < 4.78 is 5.51. The maximum atomic E-state index is 12.4. The minimum absolute atomic E-state index is 0.298. The third-order valence-corrected chi connectivity index (χ3v) is 3.10. The fourth-order valence-corrected chi connectivity index (χ4v) is 2.09. The Morgan fingerprint density at radius 1 is 1.40 bits per heavy atom. The summed E-state index contributed by atoms with van der Waals surface area (Å²) in [5.41, 5.74) is 0.695. The van der Waals surface area contributed by atoms with Crippen molar-refractivity contribution in [2.45, 2.75) is 12.5 Å². The molecule has 1 aliphatic heterocycles. The molecule has 1 aliphatic rings. The van der Waals surface area contributed by atoms with Gasteiger partial charge in [0.15, 0.2) is 6.10 Å². The van der Waals surface area contributed by atoms with Crippen LogP contribution in [0.2, 0.25) is 0 Å². The summed E-state index contributed by atoms with van der Waals surface area (Å²) in [7, 11) is 3.84. The molecule has 0 saturated carbocycles. The van der Waals surface area contributed by atoms with Gasteiger partial charge in [0.25, 0.3) is 5.91 Å². The molecule has 0 aromatic heterocycles. The molecule has 1 heterocycles. The van der Waals surface area contributed by atoms with Crippen molar-refractivity contribution in [3.05, 3.63) is 24.3 Å². The molecule has 0 saturated heterocycles. The van der Waals surface area contributed by atoms with Gasteiger partial charge in [-0.1, -0.05) is 12.1 Å². The SMILES string of the molecule is CN(C)CCN1C(=O)C(CC(=O)O)Oc2ccccc21. The molecule has 1 aromatic rings. The van der Waals surface area contributed by atoms with Gasteiger partial charge in [0.05, 0.1) is 12.1 Å². The number of carbonyl (C=O) groups is 2. The van der Waals surface area contributed by atoms with Crippen molar-refractivity contribution in [2.24, 2.45) is 0 Å². The van der Waals surface area contributed by atoms with Crippen LogP contribution in [0, 0.1) is 0 Å². The molecule has 20 heavy (non-hydrogen) atoms. The Kier molecular flexibility index (Phi) is 4.24. The molecule has 6 nitrogen and oxygen atoms in total. The number of carboxylic acids is 1. The minimum Gasteiger partial charge on any atom is -0.481 e. The number of amides is 1. The maximum absolute atomic E-state index is 12.4. The number of hydrogen-bond acceptors (Lipinski definition) is 4. The van der Waals surface area contributed by atoms with Gasteiger partial charge in [-0.25, -0.2) is 0 Å². The smallest absolute Gasteiger partial charge is 0.307 e. The molecule has 0 spiro atoms. The summed E-state index contributed by atoms with van der Waals surface area (Å²) in [6.45, 7) is 1.20. The van der Waals surface area contributed by atoms with Gasteiger partial charge >= 0.3 is 5.97 Å². The molecule has 1 amide bonds. The number of carbonyl (C=O) groups excluding carboxylic acids is 1. The van der Waals surface area contributed by atoms with Crippen LogP contribution in [0.15, 0.2) is 24.3 Å². The van der Waals surface area contributed by atoms with Crippen LogP contribution in [-0.2, 0) is 9.59 Å². The normalized spacial score (nSPS) is 17.9. The summed E-state index contributed by atoms with van der Waals surface area (Å²) in [6, 6.07) is 7.19. The van der Waals surface area contributed by atoms with Crippen molar-refractivity contribution in [1.29, 1.82) is 0 Å². The van der Waals surface area contributed by atoms with Crippen molar-refractivity contribution in [2.75, 3.05) is 32.1 Å². The summed E-state index contributed by atoms with van der Waals surface area (Å²) in [5.74, 6) is -0.791. The third kappa shape index (κ3) is 3.08. The van der Waals surface area contributed by atoms with Crippen LogP contribution >= 0.6 is 0 Å². The van der Waals surface area contributed by atoms with Crippen molar-refractivity contribution >= 4 is 17.6 Å². The summed E-state index contributed by atoms with van der Waals surface area (Å²) in [5, 5.41) is 8.88. The van der Waals surface area contributed by atoms with E-state index in [1.807, 2.05) is 25.1 Å². The lowest BCUT2D eigenvalue weighted by atomic mass is 10.1. The highest BCUT2D eigenvalue weighted by Gasteiger charge is 2.35. The van der Waals surface area contributed by atoms with E-state index in [0.29, 0.717) is 24.5 Å². The number of likely N-dealkylation sites (N-methyl/N-ethyl adjacent to an activating group) is 1. The number of fused-ring (bicyclic) bond motifs is 1. The maximum Gasteiger partial charge on any atom is 0.307 e. The number of aliphatic carboxylic acids is 1. The second-order valence-corrected chi connectivity index (χ2v) is 4.97. The Balaban J connectivity index is 2.26. The average molecular weight is 278 g/mol. The molecule has 1 unspecified atom stereocenters. The first-order chi connectivity index (χ1) is 9.49. The zero-order chi connectivity index (χ0) is 14.7. The number of rotatable bonds is 5. The predicted octanol–water partition coefficient (Wildman–Crippen LogP) is 0.817. The lowest BCUT2D eigenvalue weighted by Crippen LogP contribution is -2.48. The molecule has 6 heteroatoms. The van der Waals surface area contributed by atoms with Crippen LogP contribution in [0.4, 0.5) is 5.69 Å². The predicted molar refractivity (Wildman–Crippen MR) is 74.0 cm³/mol. The van der Waals surface area contributed by atoms with E-state index in [1.165, 1.54) is 0 Å². The van der Waals surface area contributed by atoms with E-state index >= 15 is 0 Å². The number of ether oxygens (including phenoxy) is 1. The van der Waals surface area contributed by atoms with Crippen LogP contribution in [0.25, 0.3) is 0 Å². The molecule has 108 valence electrons. The van der Waals surface area contributed by atoms with Gasteiger partial charge in [0, 0.05) is 13.1 Å². The fourth-order valence-electron chi connectivity index (χ4n) is 2.09. The molecule has 0 aliphatic carbocycles. The standard InChI is InChI=1S/C14H18N2O4/c1-15(2)7-8-16-10-5-3-4-6-11(10)20-12(14(16)19)9-13(17)18/h3-6,12H,7-9H2,1-2H3,(H,17,18). The van der Waals surface area contributed by atoms with Crippen LogP contribution in [-0.4, -0.2) is 55.2 Å². The highest BCUT2D eigenvalue weighted by atomic mass is 16.5. The lowest BCUT2D eigenvalue weighted by molar-refractivity contribution is -0.142. The highest BCUT2D eigenvalue weighted by Crippen LogP contribution is 2.34. The first-order valence-corrected chi connectivity index (χ1v) is 6.42. The van der Waals surface area contributed by atoms with E-state index in [0.717, 1.165) is 0 Å². The molecule has 2 rings (SSSR count). The van der Waals surface area contributed by atoms with Crippen molar-refractivity contribution in [3.8, 4) is 5.75 Å². The Bertz CT molecular complexity index is 516. The number of hydrogen-bond donors (Lipinski definition) is 1. The van der Waals surface area contributed by atoms with Gasteiger partial charge in [-0.05, 0) is 26.2 Å². The average Bonchev–Trinajstić information content (AvgIpc) is 2.38. The molecule has 0 bridgehead atoms. The summed E-state index contributed by atoms with van der Waals surface area (Å²) in [6.07, 6.45) is -1.28. The Hall–Kier alpha value is -2.08. The second-order valence-electron chi connectivity index (χ2n) is 4.97. The quantitative estimate of drug-likeness (QED) is 0.863. The summed E-state index contributed by atoms with van der Waals surface area (Å²) >= 11 is 0. The van der Waals surface area contributed by atoms with Crippen molar-refractivity contribution in [1.82, 2.24) is 4.90 Å². The first kappa shape index (κ1) is 14.3. The molecular formula is C14H18N2O4. The monoisotopic (exact) mass is 278 g/mol. The van der Waals surface area contributed by atoms with E-state index in [2.05, 4.69) is 0 Å². The second kappa shape index (κ2) is 5.92. The van der Waals surface area contributed by atoms with E-state index < -0.39 is 12.1 Å². The topological polar surface area (TPSA) is 70.1 Å². The zero-order valence-electron chi connectivity index (χ0n) is 11.6. The third-order valence-electron chi connectivity index (χ3n) is 3.10. The molecule has 1 aromatic carbocycles. The fraction of sp³-hybridized carbons (Fsp3) is 0.429. The largest absolute Gasteiger partial charge is 0.481 e. The van der Waals surface area contributed by atoms with E-state index in [1.54, 1.807) is 23.1 Å². The number of anilines is 1. The van der Waals surface area contributed by atoms with E-state index in [9.17, 15) is 9.59 Å². The number of benzene rings is 1. The lowest BCUT2D eigenvalue weighted by Gasteiger charge is -2.34. The molecular weight excluding hydrogens is 260 g/mol. The molecule has 1 N–H and O–H groups in total. The molecule has 0 fully saturated rings. The van der Waals surface area contributed by atoms with Crippen molar-refractivity contribution < 1.29 is 19.4 Å². The van der Waals surface area contributed by atoms with Gasteiger partial charge in [0.2, 0.25) is 0 Å². The number of nitrogens with zero attached hydrogens (tertiary/aromatic N) is 2. The van der Waals surface area contributed by atoms with Gasteiger partial charge < -0.3 is 19.6 Å². The van der Waals surface area contributed by atoms with Gasteiger partial charge in [-0.15, -0.1) is 0 Å². The first-order valence-electron chi connectivity index (χ1n) is 6.42. The van der Waals surface area contributed by atoms with Crippen molar-refractivity contribution in [3.63, 3.8) is 0 Å². The minimum atomic E-state index is -1.05. The Morgan fingerprint density at radius 3 is 2.75 bits per heavy atom. The van der Waals surface area contributed by atoms with Crippen LogP contribution in [0.1, 0.15) is 6.42 Å². The Morgan fingerprint density at radius 2 is 2.10 bits per heavy atom. The number of carboxylic acid groups (broad SMARTS) is 1. The summed E-state index contributed by atoms with van der Waals surface area (Å²) in [4.78, 5) is 26.8. The van der Waals surface area contributed by atoms with Gasteiger partial charge in [-0.2, -0.15) is 0 Å². The van der Waals surface area contributed by atoms with Crippen LogP contribution in [0.3, 0.4) is 0 Å². The molecule has 0 radical (unpaired) electrons. The van der Waals surface area contributed by atoms with Gasteiger partial charge in [0.1, 0.15) is 5.75 Å². The molecule has 1 atom stereocenters. The van der Waals surface area contributed by atoms with Crippen LogP contribution in [0.5, 0.6) is 5.75 Å². The Labute approximate surface area is 117 Å². The van der Waals surface area contributed by atoms with E-state index in [4.69, 9.17) is 9.84 Å².